The molecule has 15 heavy (non-hydrogen) atoms. The standard InChI is InChI=1S/C10H12ClNO3/c1-5(2)8-7(11)4-6(10(13)14)9(12-8)15-3/h4-5H,1-3H3,(H,13,14). The molecule has 82 valence electrons. The highest BCUT2D eigenvalue weighted by atomic mass is 35.5. The maximum Gasteiger partial charge on any atom is 0.341 e. The molecule has 1 N–H and O–H groups in total. The molecule has 1 aromatic rings. The predicted molar refractivity (Wildman–Crippen MR) is 56.8 cm³/mol. The number of halogens is 1. The molecule has 4 nitrogen and oxygen atoms in total. The van der Waals surface area contributed by atoms with Crippen LogP contribution in [0.2, 0.25) is 5.02 Å². The molecule has 0 bridgehead atoms. The quantitative estimate of drug-likeness (QED) is 0.866. The van der Waals surface area contributed by atoms with Crippen LogP contribution in [0.5, 0.6) is 5.88 Å². The van der Waals surface area contributed by atoms with Gasteiger partial charge in [-0.25, -0.2) is 9.78 Å². The first-order chi connectivity index (χ1) is 6.97. The van der Waals surface area contributed by atoms with Crippen molar-refractivity contribution >= 4 is 17.6 Å². The van der Waals surface area contributed by atoms with Crippen molar-refractivity contribution in [1.82, 2.24) is 4.98 Å². The largest absolute Gasteiger partial charge is 0.480 e. The Kier molecular flexibility index (Phi) is 3.52. The Morgan fingerprint density at radius 1 is 1.60 bits per heavy atom. The summed E-state index contributed by atoms with van der Waals surface area (Å²) in [6.07, 6.45) is 0. The minimum Gasteiger partial charge on any atom is -0.480 e. The molecule has 0 amide bonds. The number of carboxylic acid groups (broad SMARTS) is 1. The zero-order chi connectivity index (χ0) is 11.6. The maximum absolute atomic E-state index is 10.8. The molecule has 5 heteroatoms. The minimum atomic E-state index is -1.10. The Bertz CT molecular complexity index is 390. The van der Waals surface area contributed by atoms with Crippen LogP contribution in [0.25, 0.3) is 0 Å². The SMILES string of the molecule is COc1nc(C(C)C)c(Cl)cc1C(=O)O. The van der Waals surface area contributed by atoms with Crippen molar-refractivity contribution in [1.29, 1.82) is 0 Å². The lowest BCUT2D eigenvalue weighted by Crippen LogP contribution is -2.06. The second-order valence-corrected chi connectivity index (χ2v) is 3.78. The van der Waals surface area contributed by atoms with Crippen LogP contribution in [-0.4, -0.2) is 23.2 Å². The van der Waals surface area contributed by atoms with Crippen LogP contribution < -0.4 is 4.74 Å². The van der Waals surface area contributed by atoms with Gasteiger partial charge in [0, 0.05) is 0 Å². The molecular weight excluding hydrogens is 218 g/mol. The van der Waals surface area contributed by atoms with Gasteiger partial charge in [0.2, 0.25) is 5.88 Å². The van der Waals surface area contributed by atoms with Gasteiger partial charge in [-0.2, -0.15) is 0 Å². The molecule has 0 aliphatic rings. The Labute approximate surface area is 92.8 Å². The van der Waals surface area contributed by atoms with Crippen LogP contribution in [-0.2, 0) is 0 Å². The highest BCUT2D eigenvalue weighted by molar-refractivity contribution is 6.31. The molecule has 0 aliphatic carbocycles. The minimum absolute atomic E-state index is 0.0214. The van der Waals surface area contributed by atoms with E-state index in [1.54, 1.807) is 0 Å². The summed E-state index contributed by atoms with van der Waals surface area (Å²) in [6.45, 7) is 3.85. The van der Waals surface area contributed by atoms with Crippen molar-refractivity contribution in [3.63, 3.8) is 0 Å². The van der Waals surface area contributed by atoms with Crippen molar-refractivity contribution in [2.24, 2.45) is 0 Å². The zero-order valence-corrected chi connectivity index (χ0v) is 9.50. The molecule has 1 heterocycles. The van der Waals surface area contributed by atoms with Gasteiger partial charge in [0.05, 0.1) is 17.8 Å². The number of ether oxygens (including phenoxy) is 1. The molecule has 0 fully saturated rings. The van der Waals surface area contributed by atoms with Gasteiger partial charge in [0.15, 0.2) is 0 Å². The fraction of sp³-hybridized carbons (Fsp3) is 0.400. The highest BCUT2D eigenvalue weighted by Gasteiger charge is 2.17. The number of aromatic nitrogens is 1. The number of carbonyl (C=O) groups is 1. The van der Waals surface area contributed by atoms with Gasteiger partial charge in [-0.1, -0.05) is 25.4 Å². The topological polar surface area (TPSA) is 59.4 Å². The number of nitrogens with zero attached hydrogens (tertiary/aromatic N) is 1. The summed E-state index contributed by atoms with van der Waals surface area (Å²) < 4.78 is 4.90. The summed E-state index contributed by atoms with van der Waals surface area (Å²) in [4.78, 5) is 14.9. The second-order valence-electron chi connectivity index (χ2n) is 3.37. The predicted octanol–water partition coefficient (Wildman–Crippen LogP) is 2.57. The van der Waals surface area contributed by atoms with Gasteiger partial charge in [-0.3, -0.25) is 0 Å². The Morgan fingerprint density at radius 2 is 2.20 bits per heavy atom. The van der Waals surface area contributed by atoms with Crippen molar-refractivity contribution in [3.8, 4) is 5.88 Å². The van der Waals surface area contributed by atoms with Gasteiger partial charge >= 0.3 is 5.97 Å². The van der Waals surface area contributed by atoms with Gasteiger partial charge in [0.25, 0.3) is 0 Å². The van der Waals surface area contributed by atoms with Crippen LogP contribution in [0.3, 0.4) is 0 Å². The number of methoxy groups -OCH3 is 1. The van der Waals surface area contributed by atoms with E-state index in [1.807, 2.05) is 13.8 Å². The first-order valence-electron chi connectivity index (χ1n) is 4.45. The molecule has 0 spiro atoms. The molecule has 1 aromatic heterocycles. The van der Waals surface area contributed by atoms with Crippen molar-refractivity contribution in [2.75, 3.05) is 7.11 Å². The summed E-state index contributed by atoms with van der Waals surface area (Å²) in [7, 11) is 1.38. The number of hydrogen-bond donors (Lipinski definition) is 1. The number of hydrogen-bond acceptors (Lipinski definition) is 3. The third-order valence-corrected chi connectivity index (χ3v) is 2.24. The summed E-state index contributed by atoms with van der Waals surface area (Å²) in [6, 6.07) is 1.37. The average molecular weight is 230 g/mol. The lowest BCUT2D eigenvalue weighted by molar-refractivity contribution is 0.0692. The maximum atomic E-state index is 10.8. The molecule has 0 saturated heterocycles. The third-order valence-electron chi connectivity index (χ3n) is 1.94. The average Bonchev–Trinajstić information content (AvgIpc) is 2.16. The van der Waals surface area contributed by atoms with E-state index in [-0.39, 0.29) is 17.4 Å². The van der Waals surface area contributed by atoms with Gasteiger partial charge in [-0.05, 0) is 12.0 Å². The van der Waals surface area contributed by atoms with Gasteiger partial charge < -0.3 is 9.84 Å². The monoisotopic (exact) mass is 229 g/mol. The summed E-state index contributed by atoms with van der Waals surface area (Å²) in [5.41, 5.74) is 0.616. The van der Waals surface area contributed by atoms with Crippen molar-refractivity contribution < 1.29 is 14.6 Å². The molecule has 0 aliphatic heterocycles. The van der Waals surface area contributed by atoms with Crippen LogP contribution in [0, 0.1) is 0 Å². The molecule has 0 atom stereocenters. The van der Waals surface area contributed by atoms with Crippen LogP contribution >= 0.6 is 11.6 Å². The molecule has 0 saturated carbocycles. The number of pyridine rings is 1. The van der Waals surface area contributed by atoms with E-state index in [0.717, 1.165) is 0 Å². The summed E-state index contributed by atoms with van der Waals surface area (Å²) in [5, 5.41) is 9.22. The molecular formula is C10H12ClNO3. The third kappa shape index (κ3) is 2.39. The van der Waals surface area contributed by atoms with E-state index >= 15 is 0 Å². The normalized spacial score (nSPS) is 10.5. The fourth-order valence-electron chi connectivity index (χ4n) is 1.20. The fourth-order valence-corrected chi connectivity index (χ4v) is 1.57. The van der Waals surface area contributed by atoms with E-state index in [9.17, 15) is 4.79 Å². The molecule has 0 aromatic carbocycles. The Hall–Kier alpha value is -1.29. The smallest absolute Gasteiger partial charge is 0.341 e. The van der Waals surface area contributed by atoms with Crippen LogP contribution in [0.4, 0.5) is 0 Å². The van der Waals surface area contributed by atoms with E-state index in [1.165, 1.54) is 13.2 Å². The van der Waals surface area contributed by atoms with Crippen LogP contribution in [0.1, 0.15) is 35.8 Å². The highest BCUT2D eigenvalue weighted by Crippen LogP contribution is 2.28. The first-order valence-corrected chi connectivity index (χ1v) is 4.82. The van der Waals surface area contributed by atoms with Crippen LogP contribution in [0.15, 0.2) is 6.07 Å². The Balaban J connectivity index is 3.35. The summed E-state index contributed by atoms with van der Waals surface area (Å²) in [5.74, 6) is -0.888. The lowest BCUT2D eigenvalue weighted by Gasteiger charge is -2.11. The second kappa shape index (κ2) is 4.49. The van der Waals surface area contributed by atoms with E-state index in [0.29, 0.717) is 10.7 Å². The van der Waals surface area contributed by atoms with E-state index in [2.05, 4.69) is 4.98 Å². The van der Waals surface area contributed by atoms with Crippen molar-refractivity contribution in [3.05, 3.63) is 22.3 Å². The van der Waals surface area contributed by atoms with Gasteiger partial charge in [0.1, 0.15) is 5.56 Å². The zero-order valence-electron chi connectivity index (χ0n) is 8.74. The molecule has 0 radical (unpaired) electrons. The van der Waals surface area contributed by atoms with E-state index < -0.39 is 5.97 Å². The number of carboxylic acids is 1. The lowest BCUT2D eigenvalue weighted by atomic mass is 10.1. The van der Waals surface area contributed by atoms with E-state index in [4.69, 9.17) is 21.4 Å². The number of aromatic carboxylic acids is 1. The molecule has 1 rings (SSSR count). The Morgan fingerprint density at radius 3 is 2.60 bits per heavy atom. The number of rotatable bonds is 3. The van der Waals surface area contributed by atoms with Gasteiger partial charge in [-0.15, -0.1) is 0 Å². The first kappa shape index (κ1) is 11.8. The summed E-state index contributed by atoms with van der Waals surface area (Å²) >= 11 is 5.92. The molecule has 0 unspecified atom stereocenters. The van der Waals surface area contributed by atoms with Crippen molar-refractivity contribution in [2.45, 2.75) is 19.8 Å².